The van der Waals surface area contributed by atoms with Gasteiger partial charge in [-0.1, -0.05) is 38.8 Å². The molecule has 2 rings (SSSR count). The molecule has 0 aliphatic carbocycles. The van der Waals surface area contributed by atoms with Gasteiger partial charge in [0.2, 0.25) is 0 Å². The monoisotopic (exact) mass is 294 g/mol. The van der Waals surface area contributed by atoms with Gasteiger partial charge in [0.1, 0.15) is 12.2 Å². The van der Waals surface area contributed by atoms with E-state index in [4.69, 9.17) is 14.2 Å². The highest BCUT2D eigenvalue weighted by Gasteiger charge is 2.44. The molecule has 0 saturated carbocycles. The maximum absolute atomic E-state index is 12.2. The van der Waals surface area contributed by atoms with Crippen LogP contribution in [-0.4, -0.2) is 37.4 Å². The molecule has 2 heterocycles. The lowest BCUT2D eigenvalue weighted by Gasteiger charge is -2.12. The zero-order chi connectivity index (χ0) is 15.2. The van der Waals surface area contributed by atoms with E-state index in [1.54, 1.807) is 12.2 Å². The highest BCUT2D eigenvalue weighted by Crippen LogP contribution is 2.35. The average molecular weight is 294 g/mol. The van der Waals surface area contributed by atoms with Crippen molar-refractivity contribution in [2.45, 2.75) is 51.7 Å². The molecule has 0 saturated heterocycles. The number of unbranched alkanes of at least 4 members (excludes halogenated alkanes) is 2. The molecular formula is C16H22O5. The van der Waals surface area contributed by atoms with Crippen molar-refractivity contribution in [2.75, 3.05) is 13.2 Å². The molecule has 0 spiro atoms. The Morgan fingerprint density at radius 1 is 0.952 bits per heavy atom. The van der Waals surface area contributed by atoms with Crippen molar-refractivity contribution in [1.82, 2.24) is 0 Å². The first-order valence-electron chi connectivity index (χ1n) is 7.61. The molecule has 2 aliphatic rings. The van der Waals surface area contributed by atoms with Gasteiger partial charge < -0.3 is 14.2 Å². The number of ether oxygens (including phenoxy) is 3. The summed E-state index contributed by atoms with van der Waals surface area (Å²) in [6, 6.07) is 0. The van der Waals surface area contributed by atoms with Crippen molar-refractivity contribution in [1.29, 1.82) is 0 Å². The summed E-state index contributed by atoms with van der Waals surface area (Å²) in [4.78, 5) is 24.3. The summed E-state index contributed by atoms with van der Waals surface area (Å²) in [7, 11) is 0. The number of hydrogen-bond donors (Lipinski definition) is 0. The quantitative estimate of drug-likeness (QED) is 0.390. The van der Waals surface area contributed by atoms with Crippen LogP contribution in [0.4, 0.5) is 0 Å². The number of esters is 2. The number of fused-ring (bicyclic) bond motifs is 2. The second-order valence-corrected chi connectivity index (χ2v) is 5.17. The van der Waals surface area contributed by atoms with Crippen LogP contribution in [0.3, 0.4) is 0 Å². The maximum Gasteiger partial charge on any atom is 0.337 e. The normalized spacial score (nSPS) is 22.8. The number of carbonyl (C=O) groups excluding carboxylic acids is 2. The molecule has 0 amide bonds. The SMILES string of the molecule is CCCCOC(=O)C1=C(C(=O)OCCCC)C2C=CC1O2. The van der Waals surface area contributed by atoms with Crippen LogP contribution in [0.15, 0.2) is 23.3 Å². The minimum absolute atomic E-state index is 0.306. The first-order valence-corrected chi connectivity index (χ1v) is 7.61. The first kappa shape index (κ1) is 15.8. The molecule has 21 heavy (non-hydrogen) atoms. The third kappa shape index (κ3) is 3.53. The van der Waals surface area contributed by atoms with E-state index in [2.05, 4.69) is 0 Å². The Hall–Kier alpha value is -1.62. The molecule has 5 nitrogen and oxygen atoms in total. The van der Waals surface area contributed by atoms with E-state index in [0.717, 1.165) is 25.7 Å². The second-order valence-electron chi connectivity index (χ2n) is 5.17. The fourth-order valence-corrected chi connectivity index (χ4v) is 2.31. The molecule has 5 heteroatoms. The van der Waals surface area contributed by atoms with Crippen LogP contribution >= 0.6 is 0 Å². The fraction of sp³-hybridized carbons (Fsp3) is 0.625. The molecule has 116 valence electrons. The van der Waals surface area contributed by atoms with Gasteiger partial charge in [-0.05, 0) is 12.8 Å². The van der Waals surface area contributed by atoms with Gasteiger partial charge in [0, 0.05) is 0 Å². The van der Waals surface area contributed by atoms with Gasteiger partial charge in [0.15, 0.2) is 0 Å². The van der Waals surface area contributed by atoms with Gasteiger partial charge in [-0.2, -0.15) is 0 Å². The van der Waals surface area contributed by atoms with Gasteiger partial charge in [-0.25, -0.2) is 9.59 Å². The highest BCUT2D eigenvalue weighted by molar-refractivity contribution is 6.04. The predicted molar refractivity (Wildman–Crippen MR) is 76.6 cm³/mol. The second kappa shape index (κ2) is 7.41. The van der Waals surface area contributed by atoms with Crippen LogP contribution < -0.4 is 0 Å². The van der Waals surface area contributed by atoms with E-state index < -0.39 is 24.1 Å². The van der Waals surface area contributed by atoms with E-state index in [-0.39, 0.29) is 0 Å². The smallest absolute Gasteiger partial charge is 0.337 e. The van der Waals surface area contributed by atoms with E-state index >= 15 is 0 Å². The number of carbonyl (C=O) groups is 2. The van der Waals surface area contributed by atoms with Gasteiger partial charge in [-0.3, -0.25) is 0 Å². The van der Waals surface area contributed by atoms with Gasteiger partial charge in [0.25, 0.3) is 0 Å². The van der Waals surface area contributed by atoms with Crippen LogP contribution in [-0.2, 0) is 23.8 Å². The van der Waals surface area contributed by atoms with E-state index in [0.29, 0.717) is 24.4 Å². The molecule has 2 aliphatic heterocycles. The molecule has 0 aromatic rings. The maximum atomic E-state index is 12.2. The van der Waals surface area contributed by atoms with E-state index in [1.165, 1.54) is 0 Å². The fourth-order valence-electron chi connectivity index (χ4n) is 2.31. The van der Waals surface area contributed by atoms with Gasteiger partial charge in [0.05, 0.1) is 24.4 Å². The largest absolute Gasteiger partial charge is 0.462 e. The lowest BCUT2D eigenvalue weighted by atomic mass is 9.97. The zero-order valence-corrected chi connectivity index (χ0v) is 12.6. The van der Waals surface area contributed by atoms with E-state index in [1.807, 2.05) is 13.8 Å². The van der Waals surface area contributed by atoms with Crippen LogP contribution in [0.1, 0.15) is 39.5 Å². The van der Waals surface area contributed by atoms with Crippen LogP contribution in [0, 0.1) is 0 Å². The lowest BCUT2D eigenvalue weighted by molar-refractivity contribution is -0.142. The Morgan fingerprint density at radius 2 is 1.38 bits per heavy atom. The van der Waals surface area contributed by atoms with Gasteiger partial charge >= 0.3 is 11.9 Å². The summed E-state index contributed by atoms with van der Waals surface area (Å²) < 4.78 is 16.0. The zero-order valence-electron chi connectivity index (χ0n) is 12.6. The third-order valence-corrected chi connectivity index (χ3v) is 3.52. The van der Waals surface area contributed by atoms with Crippen molar-refractivity contribution in [3.63, 3.8) is 0 Å². The molecule has 2 bridgehead atoms. The molecule has 0 aromatic heterocycles. The molecule has 0 N–H and O–H groups in total. The number of hydrogen-bond acceptors (Lipinski definition) is 5. The van der Waals surface area contributed by atoms with Crippen LogP contribution in [0.25, 0.3) is 0 Å². The lowest BCUT2D eigenvalue weighted by Crippen LogP contribution is -2.22. The Bertz CT molecular complexity index is 423. The Morgan fingerprint density at radius 3 is 1.76 bits per heavy atom. The summed E-state index contributed by atoms with van der Waals surface area (Å²) >= 11 is 0. The summed E-state index contributed by atoms with van der Waals surface area (Å²) in [5.41, 5.74) is 0.611. The highest BCUT2D eigenvalue weighted by atomic mass is 16.6. The topological polar surface area (TPSA) is 61.8 Å². The molecule has 2 atom stereocenters. The molecule has 0 aromatic carbocycles. The minimum atomic E-state index is -0.474. The van der Waals surface area contributed by atoms with Crippen LogP contribution in [0.2, 0.25) is 0 Å². The summed E-state index contributed by atoms with van der Waals surface area (Å²) in [5.74, 6) is -0.939. The van der Waals surface area contributed by atoms with Crippen LogP contribution in [0.5, 0.6) is 0 Å². The Kier molecular flexibility index (Phi) is 5.56. The van der Waals surface area contributed by atoms with Crippen molar-refractivity contribution in [3.05, 3.63) is 23.3 Å². The Labute approximate surface area is 124 Å². The third-order valence-electron chi connectivity index (χ3n) is 3.52. The average Bonchev–Trinajstić information content (AvgIpc) is 3.08. The summed E-state index contributed by atoms with van der Waals surface area (Å²) in [6.07, 6.45) is 6.12. The summed E-state index contributed by atoms with van der Waals surface area (Å²) in [5, 5.41) is 0. The molecular weight excluding hydrogens is 272 g/mol. The Balaban J connectivity index is 2.05. The van der Waals surface area contributed by atoms with Crippen molar-refractivity contribution < 1.29 is 23.8 Å². The first-order chi connectivity index (χ1) is 10.2. The molecule has 0 radical (unpaired) electrons. The summed E-state index contributed by atoms with van der Waals surface area (Å²) in [6.45, 7) is 4.76. The predicted octanol–water partition coefficient (Wildman–Crippen LogP) is 2.31. The van der Waals surface area contributed by atoms with Gasteiger partial charge in [-0.15, -0.1) is 0 Å². The van der Waals surface area contributed by atoms with Crippen molar-refractivity contribution in [3.8, 4) is 0 Å². The molecule has 0 fully saturated rings. The number of rotatable bonds is 8. The van der Waals surface area contributed by atoms with Crippen molar-refractivity contribution >= 4 is 11.9 Å². The standard InChI is InChI=1S/C16H22O5/c1-3-5-9-19-15(17)13-11-7-8-12(21-11)14(13)16(18)20-10-6-4-2/h7-8,11-12H,3-6,9-10H2,1-2H3. The molecule has 2 unspecified atom stereocenters. The van der Waals surface area contributed by atoms with Crippen molar-refractivity contribution in [2.24, 2.45) is 0 Å². The minimum Gasteiger partial charge on any atom is -0.462 e. The van der Waals surface area contributed by atoms with E-state index in [9.17, 15) is 9.59 Å².